The maximum atomic E-state index is 13.7. The van der Waals surface area contributed by atoms with E-state index < -0.39 is 6.04 Å². The van der Waals surface area contributed by atoms with E-state index in [1.54, 1.807) is 29.2 Å². The molecule has 0 heterocycles. The van der Waals surface area contributed by atoms with Gasteiger partial charge in [0.25, 0.3) is 0 Å². The molecule has 3 aromatic carbocycles. The fourth-order valence-corrected chi connectivity index (χ4v) is 4.19. The summed E-state index contributed by atoms with van der Waals surface area (Å²) >= 11 is 12.1. The molecule has 3 aromatic rings. The Morgan fingerprint density at radius 3 is 2.03 bits per heavy atom. The van der Waals surface area contributed by atoms with Crippen molar-refractivity contribution >= 4 is 35.0 Å². The zero-order valence-corrected chi connectivity index (χ0v) is 22.8. The summed E-state index contributed by atoms with van der Waals surface area (Å²) in [6.45, 7) is 5.28. The highest BCUT2D eigenvalue weighted by molar-refractivity contribution is 6.30. The minimum absolute atomic E-state index is 0.141. The van der Waals surface area contributed by atoms with Crippen LogP contribution >= 0.6 is 23.2 Å². The van der Waals surface area contributed by atoms with Gasteiger partial charge in [-0.2, -0.15) is 0 Å². The van der Waals surface area contributed by atoms with E-state index in [1.807, 2.05) is 68.4 Å². The lowest BCUT2D eigenvalue weighted by molar-refractivity contribution is -0.140. The van der Waals surface area contributed by atoms with Crippen molar-refractivity contribution in [3.05, 3.63) is 106 Å². The Bertz CT molecular complexity index is 1120. The molecule has 5 nitrogen and oxygen atoms in total. The molecule has 0 saturated carbocycles. The maximum Gasteiger partial charge on any atom is 0.243 e. The lowest BCUT2D eigenvalue weighted by atomic mass is 10.0. The first-order chi connectivity index (χ1) is 17.8. The van der Waals surface area contributed by atoms with Crippen LogP contribution in [0.5, 0.6) is 0 Å². The number of benzene rings is 3. The molecule has 2 amide bonds. The molecule has 37 heavy (non-hydrogen) atoms. The van der Waals surface area contributed by atoms with Crippen molar-refractivity contribution in [1.82, 2.24) is 10.2 Å². The fourth-order valence-electron chi connectivity index (χ4n) is 3.94. The van der Waals surface area contributed by atoms with Crippen molar-refractivity contribution in [1.29, 1.82) is 0 Å². The first-order valence-electron chi connectivity index (χ1n) is 12.5. The van der Waals surface area contributed by atoms with Crippen LogP contribution in [0.15, 0.2) is 78.9 Å². The summed E-state index contributed by atoms with van der Waals surface area (Å²) in [5, 5.41) is 4.25. The zero-order chi connectivity index (χ0) is 26.6. The molecule has 7 heteroatoms. The largest absolute Gasteiger partial charge is 0.379 e. The molecule has 0 spiro atoms. The summed E-state index contributed by atoms with van der Waals surface area (Å²) in [6.07, 6.45) is 1.39. The standard InChI is InChI=1S/C30H34Cl2N2O3/c1-22(2)37-18-6-17-33-30(36)28(19-23-7-4-3-5-8-23)34(21-25-11-15-27(32)16-12-25)29(35)20-24-9-13-26(31)14-10-24/h3-5,7-16,22,28H,6,17-21H2,1-2H3,(H,33,36). The summed E-state index contributed by atoms with van der Waals surface area (Å²) in [6, 6.07) is 23.6. The summed E-state index contributed by atoms with van der Waals surface area (Å²) in [7, 11) is 0. The molecule has 0 aliphatic carbocycles. The van der Waals surface area contributed by atoms with E-state index in [0.717, 1.165) is 16.7 Å². The first-order valence-corrected chi connectivity index (χ1v) is 13.3. The first kappa shape index (κ1) is 28.7. The van der Waals surface area contributed by atoms with E-state index in [1.165, 1.54) is 0 Å². The van der Waals surface area contributed by atoms with Crippen molar-refractivity contribution in [2.24, 2.45) is 0 Å². The van der Waals surface area contributed by atoms with E-state index in [2.05, 4.69) is 5.32 Å². The quantitative estimate of drug-likeness (QED) is 0.266. The molecule has 1 atom stereocenters. The zero-order valence-electron chi connectivity index (χ0n) is 21.3. The minimum atomic E-state index is -0.691. The van der Waals surface area contributed by atoms with Crippen LogP contribution in [0.1, 0.15) is 37.0 Å². The second-order valence-electron chi connectivity index (χ2n) is 9.22. The lowest BCUT2D eigenvalue weighted by Gasteiger charge is -2.32. The van der Waals surface area contributed by atoms with E-state index in [0.29, 0.717) is 36.0 Å². The average molecular weight is 542 g/mol. The SMILES string of the molecule is CC(C)OCCCNC(=O)C(Cc1ccccc1)N(Cc1ccc(Cl)cc1)C(=O)Cc1ccc(Cl)cc1. The van der Waals surface area contributed by atoms with Gasteiger partial charge in [0.05, 0.1) is 12.5 Å². The molecule has 0 aliphatic rings. The Hall–Kier alpha value is -2.86. The van der Waals surface area contributed by atoms with Crippen LogP contribution in [0, 0.1) is 0 Å². The molecule has 1 unspecified atom stereocenters. The molecular formula is C30H34Cl2N2O3. The molecule has 3 rings (SSSR count). The summed E-state index contributed by atoms with van der Waals surface area (Å²) < 4.78 is 5.59. The van der Waals surface area contributed by atoms with Gasteiger partial charge in [-0.15, -0.1) is 0 Å². The molecule has 1 N–H and O–H groups in total. The molecule has 0 saturated heterocycles. The van der Waals surface area contributed by atoms with E-state index in [-0.39, 0.29) is 30.9 Å². The highest BCUT2D eigenvalue weighted by Gasteiger charge is 2.30. The van der Waals surface area contributed by atoms with E-state index in [9.17, 15) is 9.59 Å². The third-order valence-electron chi connectivity index (χ3n) is 5.88. The Balaban J connectivity index is 1.86. The summed E-state index contributed by atoms with van der Waals surface area (Å²) in [4.78, 5) is 28.9. The van der Waals surface area contributed by atoms with Gasteiger partial charge in [0.15, 0.2) is 0 Å². The third kappa shape index (κ3) is 9.84. The number of amides is 2. The number of nitrogens with zero attached hydrogens (tertiary/aromatic N) is 1. The molecule has 0 aliphatic heterocycles. The maximum absolute atomic E-state index is 13.7. The fraction of sp³-hybridized carbons (Fsp3) is 0.333. The van der Waals surface area contributed by atoms with Gasteiger partial charge in [-0.1, -0.05) is 77.8 Å². The summed E-state index contributed by atoms with van der Waals surface area (Å²) in [5.74, 6) is -0.330. The van der Waals surface area contributed by atoms with Crippen LogP contribution in [0.25, 0.3) is 0 Å². The van der Waals surface area contributed by atoms with Crippen LogP contribution in [0.2, 0.25) is 10.0 Å². The van der Waals surface area contributed by atoms with E-state index in [4.69, 9.17) is 27.9 Å². The molecule has 196 valence electrons. The number of carbonyl (C=O) groups excluding carboxylic acids is 2. The van der Waals surface area contributed by atoms with E-state index >= 15 is 0 Å². The number of ether oxygens (including phenoxy) is 1. The molecule has 0 fully saturated rings. The number of nitrogens with one attached hydrogen (secondary N) is 1. The summed E-state index contributed by atoms with van der Waals surface area (Å²) in [5.41, 5.74) is 2.71. The lowest BCUT2D eigenvalue weighted by Crippen LogP contribution is -2.51. The van der Waals surface area contributed by atoms with Gasteiger partial charge < -0.3 is 15.0 Å². The van der Waals surface area contributed by atoms with Crippen LogP contribution in [0.4, 0.5) is 0 Å². The minimum Gasteiger partial charge on any atom is -0.379 e. The number of halogens is 2. The highest BCUT2D eigenvalue weighted by atomic mass is 35.5. The Morgan fingerprint density at radius 2 is 1.43 bits per heavy atom. The third-order valence-corrected chi connectivity index (χ3v) is 6.38. The molecule has 0 radical (unpaired) electrons. The predicted octanol–water partition coefficient (Wildman–Crippen LogP) is 6.11. The van der Waals surface area contributed by atoms with Crippen LogP contribution < -0.4 is 5.32 Å². The van der Waals surface area contributed by atoms with Gasteiger partial charge in [0, 0.05) is 36.2 Å². The van der Waals surface area contributed by atoms with Crippen LogP contribution in [-0.2, 0) is 33.7 Å². The van der Waals surface area contributed by atoms with Gasteiger partial charge in [-0.05, 0) is 61.2 Å². The van der Waals surface area contributed by atoms with Gasteiger partial charge in [-0.25, -0.2) is 0 Å². The molecular weight excluding hydrogens is 507 g/mol. The number of hydrogen-bond donors (Lipinski definition) is 1. The topological polar surface area (TPSA) is 58.6 Å². The average Bonchev–Trinajstić information content (AvgIpc) is 2.88. The normalized spacial score (nSPS) is 11.8. The molecule has 0 aromatic heterocycles. The number of rotatable bonds is 13. The molecule has 0 bridgehead atoms. The van der Waals surface area contributed by atoms with Gasteiger partial charge in [-0.3, -0.25) is 9.59 Å². The van der Waals surface area contributed by atoms with Gasteiger partial charge in [0.1, 0.15) is 6.04 Å². The van der Waals surface area contributed by atoms with Crippen molar-refractivity contribution in [3.63, 3.8) is 0 Å². The van der Waals surface area contributed by atoms with Crippen LogP contribution in [0.3, 0.4) is 0 Å². The second-order valence-corrected chi connectivity index (χ2v) is 10.1. The Labute approximate surface area is 229 Å². The second kappa shape index (κ2) is 14.8. The van der Waals surface area contributed by atoms with Gasteiger partial charge >= 0.3 is 0 Å². The van der Waals surface area contributed by atoms with Crippen molar-refractivity contribution in [2.75, 3.05) is 13.2 Å². The monoisotopic (exact) mass is 540 g/mol. The Kier molecular flexibility index (Phi) is 11.5. The predicted molar refractivity (Wildman–Crippen MR) is 150 cm³/mol. The van der Waals surface area contributed by atoms with Crippen molar-refractivity contribution in [2.45, 2.75) is 51.8 Å². The van der Waals surface area contributed by atoms with Crippen molar-refractivity contribution in [3.8, 4) is 0 Å². The number of carbonyl (C=O) groups is 2. The van der Waals surface area contributed by atoms with Crippen molar-refractivity contribution < 1.29 is 14.3 Å². The van der Waals surface area contributed by atoms with Gasteiger partial charge in [0.2, 0.25) is 11.8 Å². The smallest absolute Gasteiger partial charge is 0.243 e. The Morgan fingerprint density at radius 1 is 0.838 bits per heavy atom. The highest BCUT2D eigenvalue weighted by Crippen LogP contribution is 2.19. The number of hydrogen-bond acceptors (Lipinski definition) is 3. The van der Waals surface area contributed by atoms with Crippen LogP contribution in [-0.4, -0.2) is 42.0 Å².